The summed E-state index contributed by atoms with van der Waals surface area (Å²) in [6.07, 6.45) is 0. The Kier molecular flexibility index (Phi) is 29.7. The number of hydrogen-bond donors (Lipinski definition) is 6. The molecule has 0 saturated carbocycles. The molecule has 12 N–H and O–H groups in total. The van der Waals surface area contributed by atoms with E-state index in [1.807, 2.05) is 0 Å². The minimum atomic E-state index is -4.67. The van der Waals surface area contributed by atoms with Crippen molar-refractivity contribution in [3.63, 3.8) is 0 Å². The minimum absolute atomic E-state index is 0. The Labute approximate surface area is 187 Å². The summed E-state index contributed by atoms with van der Waals surface area (Å²) >= 11 is 0. The standard InChI is InChI=1S/6FH2NO2S.Li.H/c6*1-5(2,3)4;;/h6*(H2,2,3,4);;/q;;;;;;+1;-1. The molecule has 194 valence electrons. The molecule has 31 heavy (non-hydrogen) atoms. The van der Waals surface area contributed by atoms with Crippen molar-refractivity contribution in [2.75, 3.05) is 0 Å². The molecule has 0 radical (unpaired) electrons. The van der Waals surface area contributed by atoms with Crippen molar-refractivity contribution in [1.29, 1.82) is 0 Å². The molecule has 31 heteroatoms. The largest absolute Gasteiger partial charge is 1.00 e. The Morgan fingerprint density at radius 2 is 0.323 bits per heavy atom. The van der Waals surface area contributed by atoms with Gasteiger partial charge in [-0.3, -0.25) is 0 Å². The SMILES string of the molecule is NS(=O)(=O)F.NS(=O)(=O)F.NS(=O)(=O)F.NS(=O)(=O)F.NS(=O)(=O)F.NS(=O)(=O)F.[H-].[Li+]. The van der Waals surface area contributed by atoms with E-state index in [1.165, 1.54) is 0 Å². The first kappa shape index (κ1) is 48.2. The average Bonchev–Trinajstić information content (AvgIpc) is 1.94. The zero-order valence-electron chi connectivity index (χ0n) is 15.1. The molecule has 18 nitrogen and oxygen atoms in total. The van der Waals surface area contributed by atoms with Gasteiger partial charge in [0.15, 0.2) is 0 Å². The third-order valence-corrected chi connectivity index (χ3v) is 0. The van der Waals surface area contributed by atoms with Crippen LogP contribution in [0.2, 0.25) is 0 Å². The second-order valence-corrected chi connectivity index (χ2v) is 8.56. The molecule has 0 rings (SSSR count). The Hall–Kier alpha value is -0.363. The summed E-state index contributed by atoms with van der Waals surface area (Å²) in [6.45, 7) is 0. The van der Waals surface area contributed by atoms with Gasteiger partial charge in [0.25, 0.3) is 0 Å². The van der Waals surface area contributed by atoms with Crippen LogP contribution in [0, 0.1) is 0 Å². The van der Waals surface area contributed by atoms with Gasteiger partial charge in [-0.2, -0.15) is 50.5 Å². The second-order valence-electron chi connectivity index (χ2n) is 2.85. The molecule has 0 bridgehead atoms. The van der Waals surface area contributed by atoms with Crippen LogP contribution in [-0.2, 0) is 62.5 Å². The predicted molar refractivity (Wildman–Crippen MR) is 86.4 cm³/mol. The second kappa shape index (κ2) is 19.1. The van der Waals surface area contributed by atoms with E-state index in [4.69, 9.17) is 50.5 Å². The van der Waals surface area contributed by atoms with Crippen LogP contribution < -0.4 is 49.7 Å². The van der Waals surface area contributed by atoms with Crippen LogP contribution in [0.15, 0.2) is 0 Å². The zero-order chi connectivity index (χ0) is 27.0. The molecule has 0 aliphatic rings. The van der Waals surface area contributed by atoms with E-state index in [2.05, 4.69) is 30.8 Å². The van der Waals surface area contributed by atoms with Gasteiger partial charge in [0, 0.05) is 0 Å². The molecule has 0 aliphatic carbocycles. The summed E-state index contributed by atoms with van der Waals surface area (Å²) in [5, 5.41) is 22.0. The van der Waals surface area contributed by atoms with Crippen molar-refractivity contribution < 1.29 is 94.1 Å². The van der Waals surface area contributed by atoms with Crippen LogP contribution in [0.1, 0.15) is 1.43 Å². The van der Waals surface area contributed by atoms with Crippen LogP contribution in [0.3, 0.4) is 0 Å². The maximum Gasteiger partial charge on any atom is 1.00 e. The molecular formula is H13F6LiN6O12S6. The Morgan fingerprint density at radius 1 is 0.323 bits per heavy atom. The van der Waals surface area contributed by atoms with E-state index in [0.29, 0.717) is 0 Å². The molecule has 0 unspecified atom stereocenters. The fourth-order valence-corrected chi connectivity index (χ4v) is 0. The Balaban J connectivity index is -0.0000000356. The van der Waals surface area contributed by atoms with Gasteiger partial charge in [-0.15, -0.1) is 0 Å². The molecule has 0 aliphatic heterocycles. The monoisotopic (exact) mass is 602 g/mol. The molecule has 0 fully saturated rings. The van der Waals surface area contributed by atoms with Crippen molar-refractivity contribution in [3.05, 3.63) is 0 Å². The molecule has 0 aromatic heterocycles. The van der Waals surface area contributed by atoms with E-state index < -0.39 is 62.5 Å². The number of nitrogens with two attached hydrogens (primary N) is 6. The van der Waals surface area contributed by atoms with Crippen molar-refractivity contribution in [1.82, 2.24) is 0 Å². The van der Waals surface area contributed by atoms with Gasteiger partial charge in [0.05, 0.1) is 0 Å². The van der Waals surface area contributed by atoms with E-state index in [0.717, 1.165) is 0 Å². The smallest absolute Gasteiger partial charge is 1.00 e. The summed E-state index contributed by atoms with van der Waals surface area (Å²) in [5.41, 5.74) is 0. The van der Waals surface area contributed by atoms with Crippen LogP contribution in [0.25, 0.3) is 0 Å². The maximum atomic E-state index is 10.4. The van der Waals surface area contributed by atoms with Crippen molar-refractivity contribution in [2.45, 2.75) is 0 Å². The summed E-state index contributed by atoms with van der Waals surface area (Å²) in [4.78, 5) is 0. The predicted octanol–water partition coefficient (Wildman–Crippen LogP) is -7.93. The van der Waals surface area contributed by atoms with Crippen LogP contribution in [0.5, 0.6) is 0 Å². The van der Waals surface area contributed by atoms with Crippen LogP contribution in [0.4, 0.5) is 23.3 Å². The average molecular weight is 602 g/mol. The first-order chi connectivity index (χ1) is 12.0. The fourth-order valence-electron chi connectivity index (χ4n) is 0. The van der Waals surface area contributed by atoms with Crippen molar-refractivity contribution in [3.8, 4) is 0 Å². The summed E-state index contributed by atoms with van der Waals surface area (Å²) in [6, 6.07) is 0. The summed E-state index contributed by atoms with van der Waals surface area (Å²) in [5.74, 6) is 0. The Bertz CT molecular complexity index is 802. The molecule has 0 amide bonds. The van der Waals surface area contributed by atoms with Crippen molar-refractivity contribution >= 4 is 62.5 Å². The van der Waals surface area contributed by atoms with Gasteiger partial charge in [-0.25, -0.2) is 30.8 Å². The van der Waals surface area contributed by atoms with E-state index >= 15 is 0 Å². The zero-order valence-corrected chi connectivity index (χ0v) is 19.0. The fraction of sp³-hybridized carbons (Fsp3) is 0. The third kappa shape index (κ3) is 172000. The van der Waals surface area contributed by atoms with E-state index in [-0.39, 0.29) is 20.3 Å². The molecule has 0 aromatic rings. The molecule has 0 saturated heterocycles. The van der Waals surface area contributed by atoms with Gasteiger partial charge >= 0.3 is 81.3 Å². The first-order valence-corrected chi connectivity index (χ1v) is 13.0. The minimum Gasteiger partial charge on any atom is -1.00 e. The van der Waals surface area contributed by atoms with E-state index in [1.54, 1.807) is 0 Å². The normalized spacial score (nSPS) is 11.2. The summed E-state index contributed by atoms with van der Waals surface area (Å²) < 4.78 is 168. The van der Waals surface area contributed by atoms with Crippen molar-refractivity contribution in [2.24, 2.45) is 30.8 Å². The molecule has 0 spiro atoms. The quantitative estimate of drug-likeness (QED) is 0.0855. The molecule has 0 heterocycles. The van der Waals surface area contributed by atoms with Crippen LogP contribution >= 0.6 is 0 Å². The van der Waals surface area contributed by atoms with Gasteiger partial charge in [0.1, 0.15) is 0 Å². The number of halogens is 6. The van der Waals surface area contributed by atoms with Gasteiger partial charge in [0.2, 0.25) is 0 Å². The van der Waals surface area contributed by atoms with Gasteiger partial charge in [-0.1, -0.05) is 23.3 Å². The van der Waals surface area contributed by atoms with E-state index in [9.17, 15) is 23.3 Å². The molecule has 0 aromatic carbocycles. The topological polar surface area (TPSA) is 361 Å². The first-order valence-electron chi connectivity index (χ1n) is 4.34. The maximum absolute atomic E-state index is 10.4. The van der Waals surface area contributed by atoms with Crippen LogP contribution in [-0.4, -0.2) is 50.5 Å². The molecule has 0 atom stereocenters. The molecular weight excluding hydrogens is 589 g/mol. The summed E-state index contributed by atoms with van der Waals surface area (Å²) in [7, 11) is -28.0. The number of rotatable bonds is 0. The number of hydrogen-bond acceptors (Lipinski definition) is 12. The third-order valence-electron chi connectivity index (χ3n) is 0. The van der Waals surface area contributed by atoms with Gasteiger partial charge < -0.3 is 1.43 Å². The Morgan fingerprint density at radius 3 is 0.323 bits per heavy atom. The van der Waals surface area contributed by atoms with Gasteiger partial charge in [-0.05, 0) is 0 Å².